The second kappa shape index (κ2) is 8.51. The summed E-state index contributed by atoms with van der Waals surface area (Å²) >= 11 is 0. The first-order chi connectivity index (χ1) is 15.5. The topological polar surface area (TPSA) is 53.4 Å². The van der Waals surface area contributed by atoms with Crippen LogP contribution in [0.4, 0.5) is 0 Å². The zero-order valence-electron chi connectivity index (χ0n) is 18.8. The zero-order valence-corrected chi connectivity index (χ0v) is 18.8. The van der Waals surface area contributed by atoms with Gasteiger partial charge in [-0.1, -0.05) is 43.2 Å². The first-order valence-corrected chi connectivity index (χ1v) is 11.6. The number of hydrogen-bond donors (Lipinski definition) is 1. The Kier molecular flexibility index (Phi) is 5.56. The molecule has 0 radical (unpaired) electrons. The summed E-state index contributed by atoms with van der Waals surface area (Å²) in [4.78, 5) is 19.4. The van der Waals surface area contributed by atoms with Gasteiger partial charge in [0.1, 0.15) is 0 Å². The van der Waals surface area contributed by atoms with Crippen molar-refractivity contribution in [2.45, 2.75) is 64.6 Å². The van der Waals surface area contributed by atoms with E-state index in [1.165, 1.54) is 27.8 Å². The van der Waals surface area contributed by atoms with Gasteiger partial charge in [0.15, 0.2) is 0 Å². The van der Waals surface area contributed by atoms with E-state index in [9.17, 15) is 9.90 Å². The maximum Gasteiger partial charge on any atom is 0.254 e. The third-order valence-electron chi connectivity index (χ3n) is 7.07. The van der Waals surface area contributed by atoms with Crippen LogP contribution in [0.2, 0.25) is 0 Å². The molecule has 4 heteroatoms. The Balaban J connectivity index is 1.36. The molecule has 3 aromatic rings. The van der Waals surface area contributed by atoms with E-state index in [0.717, 1.165) is 48.9 Å². The Morgan fingerprint density at radius 2 is 1.78 bits per heavy atom. The van der Waals surface area contributed by atoms with Gasteiger partial charge in [-0.2, -0.15) is 0 Å². The number of amides is 1. The third kappa shape index (κ3) is 3.95. The predicted molar refractivity (Wildman–Crippen MR) is 127 cm³/mol. The second-order valence-corrected chi connectivity index (χ2v) is 9.35. The first-order valence-electron chi connectivity index (χ1n) is 11.6. The van der Waals surface area contributed by atoms with Crippen LogP contribution in [-0.4, -0.2) is 33.0 Å². The molecular formula is C28H30N2O2. The molecule has 1 aromatic heterocycles. The van der Waals surface area contributed by atoms with Crippen LogP contribution >= 0.6 is 0 Å². The summed E-state index contributed by atoms with van der Waals surface area (Å²) in [5, 5.41) is 10.5. The summed E-state index contributed by atoms with van der Waals surface area (Å²) < 4.78 is 0. The third-order valence-corrected chi connectivity index (χ3v) is 7.07. The fraction of sp³-hybridized carbons (Fsp3) is 0.357. The quantitative estimate of drug-likeness (QED) is 0.623. The van der Waals surface area contributed by atoms with Crippen molar-refractivity contribution in [3.05, 3.63) is 88.2 Å². The molecule has 1 aliphatic heterocycles. The van der Waals surface area contributed by atoms with Gasteiger partial charge in [-0.05, 0) is 84.7 Å². The van der Waals surface area contributed by atoms with Crippen molar-refractivity contribution in [3.8, 4) is 11.1 Å². The Labute approximate surface area is 189 Å². The summed E-state index contributed by atoms with van der Waals surface area (Å²) in [6.45, 7) is 4.76. The highest BCUT2D eigenvalue weighted by Crippen LogP contribution is 2.33. The molecule has 0 saturated heterocycles. The Hall–Kier alpha value is -2.98. The van der Waals surface area contributed by atoms with Gasteiger partial charge < -0.3 is 10.0 Å². The number of carbonyl (C=O) groups is 1. The van der Waals surface area contributed by atoms with E-state index in [1.54, 1.807) is 0 Å². The number of pyridine rings is 1. The van der Waals surface area contributed by atoms with Gasteiger partial charge in [-0.25, -0.2) is 0 Å². The van der Waals surface area contributed by atoms with E-state index in [1.807, 2.05) is 24.1 Å². The van der Waals surface area contributed by atoms with E-state index in [4.69, 9.17) is 0 Å². The maximum absolute atomic E-state index is 13.2. The summed E-state index contributed by atoms with van der Waals surface area (Å²) in [6.07, 6.45) is 6.08. The van der Waals surface area contributed by atoms with E-state index in [2.05, 4.69) is 54.4 Å². The average molecular weight is 427 g/mol. The molecule has 1 amide bonds. The number of rotatable bonds is 4. The number of benzene rings is 2. The van der Waals surface area contributed by atoms with E-state index in [-0.39, 0.29) is 11.9 Å². The highest BCUT2D eigenvalue weighted by molar-refractivity contribution is 5.99. The molecule has 2 aromatic carbocycles. The van der Waals surface area contributed by atoms with Gasteiger partial charge in [0.2, 0.25) is 0 Å². The number of aromatic nitrogens is 1. The van der Waals surface area contributed by atoms with Gasteiger partial charge in [0.25, 0.3) is 5.91 Å². The number of aliphatic hydroxyl groups excluding tert-OH is 1. The van der Waals surface area contributed by atoms with Crippen molar-refractivity contribution in [3.63, 3.8) is 0 Å². The zero-order chi connectivity index (χ0) is 22.2. The lowest BCUT2D eigenvalue weighted by Gasteiger charge is -2.35. The minimum absolute atomic E-state index is 0.0447. The fourth-order valence-corrected chi connectivity index (χ4v) is 5.23. The average Bonchev–Trinajstić information content (AvgIpc) is 3.10. The molecule has 1 N–H and O–H groups in total. The fourth-order valence-electron chi connectivity index (χ4n) is 5.23. The van der Waals surface area contributed by atoms with Crippen LogP contribution < -0.4 is 0 Å². The van der Waals surface area contributed by atoms with Crippen LogP contribution in [0.5, 0.6) is 0 Å². The molecule has 2 atom stereocenters. The van der Waals surface area contributed by atoms with Crippen LogP contribution in [0.15, 0.2) is 54.7 Å². The van der Waals surface area contributed by atoms with E-state index < -0.39 is 6.10 Å². The predicted octanol–water partition coefficient (Wildman–Crippen LogP) is 5.22. The molecule has 32 heavy (non-hydrogen) atoms. The molecule has 0 spiro atoms. The highest BCUT2D eigenvalue weighted by atomic mass is 16.3. The molecule has 2 aliphatic rings. The van der Waals surface area contributed by atoms with Crippen molar-refractivity contribution >= 4 is 5.91 Å². The Morgan fingerprint density at radius 1 is 1.00 bits per heavy atom. The van der Waals surface area contributed by atoms with Crippen LogP contribution in [0, 0.1) is 13.8 Å². The van der Waals surface area contributed by atoms with E-state index >= 15 is 0 Å². The van der Waals surface area contributed by atoms with Gasteiger partial charge in [-0.3, -0.25) is 9.78 Å². The largest absolute Gasteiger partial charge is 0.391 e. The van der Waals surface area contributed by atoms with Gasteiger partial charge in [-0.15, -0.1) is 0 Å². The molecule has 0 bridgehead atoms. The number of aliphatic hydroxyl groups is 1. The maximum atomic E-state index is 13.2. The molecule has 2 heterocycles. The normalized spacial score (nSPS) is 20.5. The number of carbonyl (C=O) groups excluding carboxylic acids is 1. The van der Waals surface area contributed by atoms with Crippen molar-refractivity contribution < 1.29 is 9.90 Å². The highest BCUT2D eigenvalue weighted by Gasteiger charge is 2.37. The van der Waals surface area contributed by atoms with Crippen LogP contribution in [0.25, 0.3) is 11.1 Å². The number of nitrogens with zero attached hydrogens (tertiary/aromatic N) is 2. The lowest BCUT2D eigenvalue weighted by molar-refractivity contribution is 0.0191. The molecule has 0 unspecified atom stereocenters. The molecule has 4 nitrogen and oxygen atoms in total. The molecular weight excluding hydrogens is 396 g/mol. The van der Waals surface area contributed by atoms with Crippen LogP contribution in [0.3, 0.4) is 0 Å². The van der Waals surface area contributed by atoms with Gasteiger partial charge >= 0.3 is 0 Å². The second-order valence-electron chi connectivity index (χ2n) is 9.35. The smallest absolute Gasteiger partial charge is 0.254 e. The van der Waals surface area contributed by atoms with Crippen molar-refractivity contribution in [1.29, 1.82) is 0 Å². The monoisotopic (exact) mass is 426 g/mol. The van der Waals surface area contributed by atoms with E-state index in [0.29, 0.717) is 6.54 Å². The molecule has 5 rings (SSSR count). The number of hydrogen-bond acceptors (Lipinski definition) is 3. The summed E-state index contributed by atoms with van der Waals surface area (Å²) in [7, 11) is 0. The first kappa shape index (κ1) is 20.9. The molecule has 1 aliphatic carbocycles. The summed E-state index contributed by atoms with van der Waals surface area (Å²) in [5.74, 6) is 0.0793. The van der Waals surface area contributed by atoms with Crippen molar-refractivity contribution in [1.82, 2.24) is 9.88 Å². The Morgan fingerprint density at radius 3 is 2.53 bits per heavy atom. The SMILES string of the molecule is Cc1cc(-c2ccc(Cc3cc4c(cc3C)CN([C@@H]3CCCC[C@H]3O)C4=O)cc2)ccn1. The molecule has 1 fully saturated rings. The molecule has 164 valence electrons. The van der Waals surface area contributed by atoms with Gasteiger partial charge in [0.05, 0.1) is 12.1 Å². The van der Waals surface area contributed by atoms with Crippen molar-refractivity contribution in [2.24, 2.45) is 0 Å². The summed E-state index contributed by atoms with van der Waals surface area (Å²) in [6, 6.07) is 17.0. The number of fused-ring (bicyclic) bond motifs is 1. The number of aryl methyl sites for hydroxylation is 2. The van der Waals surface area contributed by atoms with Crippen LogP contribution in [0.1, 0.15) is 64.0 Å². The summed E-state index contributed by atoms with van der Waals surface area (Å²) in [5.41, 5.74) is 8.92. The standard InChI is InChI=1S/C28H30N2O2/c1-18-13-24-17-30(26-5-3-4-6-27(26)31)28(32)25(24)16-23(18)15-20-7-9-21(10-8-20)22-11-12-29-19(2)14-22/h7-14,16,26-27,31H,3-6,15,17H2,1-2H3/t26-,27-/m1/s1. The lowest BCUT2D eigenvalue weighted by atomic mass is 9.91. The Bertz CT molecular complexity index is 1150. The van der Waals surface area contributed by atoms with Crippen LogP contribution in [-0.2, 0) is 13.0 Å². The minimum Gasteiger partial charge on any atom is -0.391 e. The lowest BCUT2D eigenvalue weighted by Crippen LogP contribution is -2.45. The van der Waals surface area contributed by atoms with Crippen molar-refractivity contribution in [2.75, 3.05) is 0 Å². The minimum atomic E-state index is -0.398. The van der Waals surface area contributed by atoms with Gasteiger partial charge in [0, 0.05) is 24.0 Å². The molecule has 1 saturated carbocycles.